The number of anilines is 1. The first-order valence-corrected chi connectivity index (χ1v) is 9.60. The Kier molecular flexibility index (Phi) is 4.44. The summed E-state index contributed by atoms with van der Waals surface area (Å²) in [7, 11) is -3.17. The Morgan fingerprint density at radius 1 is 1.22 bits per heavy atom. The van der Waals surface area contributed by atoms with E-state index in [4.69, 9.17) is 4.52 Å². The van der Waals surface area contributed by atoms with Gasteiger partial charge in [-0.2, -0.15) is 16.3 Å². The van der Waals surface area contributed by atoms with Crippen molar-refractivity contribution < 1.29 is 12.9 Å². The number of aromatic nitrogens is 2. The normalized spacial score (nSPS) is 11.5. The molecule has 1 aromatic carbocycles. The van der Waals surface area contributed by atoms with E-state index in [1.54, 1.807) is 42.5 Å². The van der Waals surface area contributed by atoms with E-state index in [0.717, 1.165) is 11.3 Å². The zero-order valence-electron chi connectivity index (χ0n) is 12.4. The van der Waals surface area contributed by atoms with Crippen LogP contribution in [0.15, 0.2) is 50.5 Å². The summed E-state index contributed by atoms with van der Waals surface area (Å²) in [5.74, 6) is 1.12. The topological polar surface area (TPSA) is 85.1 Å². The molecule has 3 aromatic rings. The number of thiophene rings is 1. The second-order valence-corrected chi connectivity index (χ2v) is 7.86. The summed E-state index contributed by atoms with van der Waals surface area (Å²) in [6.45, 7) is 2.00. The Hall–Kier alpha value is -2.19. The van der Waals surface area contributed by atoms with Crippen LogP contribution in [0, 0.1) is 0 Å². The minimum Gasteiger partial charge on any atom is -0.376 e. The maximum absolute atomic E-state index is 11.8. The van der Waals surface area contributed by atoms with Gasteiger partial charge in [0.15, 0.2) is 9.84 Å². The van der Waals surface area contributed by atoms with E-state index >= 15 is 0 Å². The standard InChI is InChI=1S/C15H15N3O3S2/c1-2-23(19,20)13-5-3-12(4-6-13)16-9-14-17-15(18-21-14)11-7-8-22-10-11/h3-8,10,16H,2,9H2,1H3. The summed E-state index contributed by atoms with van der Waals surface area (Å²) in [5, 5.41) is 11.0. The second kappa shape index (κ2) is 6.51. The van der Waals surface area contributed by atoms with Crippen LogP contribution < -0.4 is 5.32 Å². The van der Waals surface area contributed by atoms with Gasteiger partial charge in [-0.3, -0.25) is 0 Å². The Labute approximate surface area is 138 Å². The molecule has 8 heteroatoms. The molecule has 0 bridgehead atoms. The Morgan fingerprint density at radius 3 is 2.65 bits per heavy atom. The SMILES string of the molecule is CCS(=O)(=O)c1ccc(NCc2nc(-c3ccsc3)no2)cc1. The van der Waals surface area contributed by atoms with Crippen molar-refractivity contribution in [1.82, 2.24) is 10.1 Å². The van der Waals surface area contributed by atoms with Crippen LogP contribution in [0.2, 0.25) is 0 Å². The van der Waals surface area contributed by atoms with Crippen molar-refractivity contribution in [3.05, 3.63) is 47.0 Å². The van der Waals surface area contributed by atoms with Crippen molar-refractivity contribution >= 4 is 26.9 Å². The fraction of sp³-hybridized carbons (Fsp3) is 0.200. The van der Waals surface area contributed by atoms with Crippen LogP contribution in [0.4, 0.5) is 5.69 Å². The van der Waals surface area contributed by atoms with Gasteiger partial charge in [-0.05, 0) is 35.7 Å². The lowest BCUT2D eigenvalue weighted by molar-refractivity contribution is 0.384. The van der Waals surface area contributed by atoms with E-state index < -0.39 is 9.84 Å². The number of nitrogens with zero attached hydrogens (tertiary/aromatic N) is 2. The van der Waals surface area contributed by atoms with Crippen LogP contribution in [0.25, 0.3) is 11.4 Å². The van der Waals surface area contributed by atoms with Crippen LogP contribution in [0.1, 0.15) is 12.8 Å². The summed E-state index contributed by atoms with van der Waals surface area (Å²) < 4.78 is 28.7. The van der Waals surface area contributed by atoms with Crippen molar-refractivity contribution in [3.63, 3.8) is 0 Å². The van der Waals surface area contributed by atoms with E-state index in [9.17, 15) is 8.42 Å². The predicted molar refractivity (Wildman–Crippen MR) is 89.1 cm³/mol. The molecule has 0 amide bonds. The molecule has 120 valence electrons. The number of sulfone groups is 1. The first kappa shape index (κ1) is 15.7. The lowest BCUT2D eigenvalue weighted by Crippen LogP contribution is -2.04. The molecular weight excluding hydrogens is 334 g/mol. The molecule has 3 rings (SSSR count). The van der Waals surface area contributed by atoms with Gasteiger partial charge in [-0.25, -0.2) is 8.42 Å². The number of nitrogens with one attached hydrogen (secondary N) is 1. The summed E-state index contributed by atoms with van der Waals surface area (Å²) in [4.78, 5) is 4.63. The first-order chi connectivity index (χ1) is 11.1. The fourth-order valence-electron chi connectivity index (χ4n) is 1.96. The van der Waals surface area contributed by atoms with Crippen molar-refractivity contribution in [2.45, 2.75) is 18.4 Å². The lowest BCUT2D eigenvalue weighted by Gasteiger charge is -2.05. The highest BCUT2D eigenvalue weighted by Crippen LogP contribution is 2.19. The van der Waals surface area contributed by atoms with Crippen LogP contribution in [0.3, 0.4) is 0 Å². The molecule has 0 aliphatic carbocycles. The fourth-order valence-corrected chi connectivity index (χ4v) is 3.48. The molecule has 0 unspecified atom stereocenters. The molecule has 0 saturated heterocycles. The zero-order valence-corrected chi connectivity index (χ0v) is 14.0. The monoisotopic (exact) mass is 349 g/mol. The van der Waals surface area contributed by atoms with Gasteiger partial charge < -0.3 is 9.84 Å². The first-order valence-electron chi connectivity index (χ1n) is 7.00. The number of benzene rings is 1. The van der Waals surface area contributed by atoms with Crippen LogP contribution in [0.5, 0.6) is 0 Å². The van der Waals surface area contributed by atoms with E-state index in [1.807, 2.05) is 16.8 Å². The van der Waals surface area contributed by atoms with Crippen LogP contribution >= 0.6 is 11.3 Å². The quantitative estimate of drug-likeness (QED) is 0.735. The van der Waals surface area contributed by atoms with Gasteiger partial charge in [0.2, 0.25) is 11.7 Å². The third kappa shape index (κ3) is 3.59. The molecule has 0 fully saturated rings. The average Bonchev–Trinajstić information content (AvgIpc) is 3.24. The van der Waals surface area contributed by atoms with Crippen molar-refractivity contribution in [3.8, 4) is 11.4 Å². The van der Waals surface area contributed by atoms with Gasteiger partial charge in [0, 0.05) is 16.6 Å². The van der Waals surface area contributed by atoms with Gasteiger partial charge in [-0.1, -0.05) is 12.1 Å². The maximum Gasteiger partial charge on any atom is 0.246 e. The number of hydrogen-bond acceptors (Lipinski definition) is 7. The molecule has 23 heavy (non-hydrogen) atoms. The molecule has 1 N–H and O–H groups in total. The lowest BCUT2D eigenvalue weighted by atomic mass is 10.3. The molecule has 2 aromatic heterocycles. The van der Waals surface area contributed by atoms with Gasteiger partial charge in [0.25, 0.3) is 0 Å². The minimum absolute atomic E-state index is 0.0904. The van der Waals surface area contributed by atoms with Gasteiger partial charge in [-0.15, -0.1) is 0 Å². The molecule has 0 atom stereocenters. The molecule has 0 spiro atoms. The zero-order chi connectivity index (χ0) is 16.3. The summed E-state index contributed by atoms with van der Waals surface area (Å²) in [6.07, 6.45) is 0. The molecule has 0 saturated carbocycles. The molecule has 0 aliphatic rings. The minimum atomic E-state index is -3.17. The van der Waals surface area contributed by atoms with Gasteiger partial charge in [0.05, 0.1) is 17.2 Å². The average molecular weight is 349 g/mol. The highest BCUT2D eigenvalue weighted by Gasteiger charge is 2.11. The Bertz CT molecular complexity index is 869. The smallest absolute Gasteiger partial charge is 0.246 e. The Morgan fingerprint density at radius 2 is 2.00 bits per heavy atom. The molecular formula is C15H15N3O3S2. The Balaban J connectivity index is 1.65. The third-order valence-corrected chi connectivity index (χ3v) is 5.72. The summed E-state index contributed by atoms with van der Waals surface area (Å²) in [6, 6.07) is 8.55. The number of rotatable bonds is 6. The molecule has 0 radical (unpaired) electrons. The predicted octanol–water partition coefficient (Wildman–Crippen LogP) is 3.20. The third-order valence-electron chi connectivity index (χ3n) is 3.28. The van der Waals surface area contributed by atoms with E-state index in [1.165, 1.54) is 0 Å². The van der Waals surface area contributed by atoms with Crippen molar-refractivity contribution in [2.75, 3.05) is 11.1 Å². The maximum atomic E-state index is 11.8. The van der Waals surface area contributed by atoms with Crippen molar-refractivity contribution in [2.24, 2.45) is 0 Å². The van der Waals surface area contributed by atoms with Crippen molar-refractivity contribution in [1.29, 1.82) is 0 Å². The highest BCUT2D eigenvalue weighted by molar-refractivity contribution is 7.91. The van der Waals surface area contributed by atoms with Crippen LogP contribution in [-0.2, 0) is 16.4 Å². The van der Waals surface area contributed by atoms with E-state index in [0.29, 0.717) is 23.2 Å². The summed E-state index contributed by atoms with van der Waals surface area (Å²) in [5.41, 5.74) is 1.72. The van der Waals surface area contributed by atoms with Gasteiger partial charge in [0.1, 0.15) is 0 Å². The second-order valence-electron chi connectivity index (χ2n) is 4.81. The molecule has 0 aliphatic heterocycles. The number of hydrogen-bond donors (Lipinski definition) is 1. The molecule has 6 nitrogen and oxygen atoms in total. The largest absolute Gasteiger partial charge is 0.376 e. The highest BCUT2D eigenvalue weighted by atomic mass is 32.2. The van der Waals surface area contributed by atoms with Gasteiger partial charge >= 0.3 is 0 Å². The molecule has 2 heterocycles. The summed E-state index contributed by atoms with van der Waals surface area (Å²) >= 11 is 1.57. The van der Waals surface area contributed by atoms with Crippen LogP contribution in [-0.4, -0.2) is 24.3 Å². The van der Waals surface area contributed by atoms with E-state index in [2.05, 4.69) is 15.5 Å². The van der Waals surface area contributed by atoms with E-state index in [-0.39, 0.29) is 5.75 Å².